The molecule has 0 aromatic heterocycles. The lowest BCUT2D eigenvalue weighted by atomic mass is 10.2. The minimum absolute atomic E-state index is 0.0116. The Kier molecular flexibility index (Phi) is 9.53. The molecule has 29 heavy (non-hydrogen) atoms. The van der Waals surface area contributed by atoms with Crippen LogP contribution in [0.2, 0.25) is 0 Å². The Hall–Kier alpha value is -2.00. The van der Waals surface area contributed by atoms with Gasteiger partial charge in [0.1, 0.15) is 11.6 Å². The van der Waals surface area contributed by atoms with Crippen LogP contribution in [0.4, 0.5) is 13.2 Å². The number of benzene rings is 1. The maximum absolute atomic E-state index is 14.1. The maximum Gasteiger partial charge on any atom is 0.387 e. The molecule has 0 aliphatic carbocycles. The summed E-state index contributed by atoms with van der Waals surface area (Å²) in [6.45, 7) is 7.72. The number of alkyl halides is 2. The second-order valence-electron chi connectivity index (χ2n) is 7.32. The van der Waals surface area contributed by atoms with Gasteiger partial charge in [0.25, 0.3) is 0 Å². The first-order valence-electron chi connectivity index (χ1n) is 9.97. The largest absolute Gasteiger partial charge is 0.434 e. The van der Waals surface area contributed by atoms with E-state index in [1.807, 2.05) is 6.92 Å². The quantitative estimate of drug-likeness (QED) is 0.479. The summed E-state index contributed by atoms with van der Waals surface area (Å²) in [5.74, 6) is 0.205. The maximum atomic E-state index is 14.1. The smallest absolute Gasteiger partial charge is 0.387 e. The number of nitrogens with zero attached hydrogens (tertiary/aromatic N) is 2. The lowest BCUT2D eigenvalue weighted by molar-refractivity contribution is -0.0506. The predicted molar refractivity (Wildman–Crippen MR) is 107 cm³/mol. The van der Waals surface area contributed by atoms with Gasteiger partial charge in [0.2, 0.25) is 0 Å². The molecule has 1 fully saturated rings. The number of guanidine groups is 1. The fraction of sp³-hybridized carbons (Fsp3) is 0.650. The zero-order valence-corrected chi connectivity index (χ0v) is 17.3. The molecule has 1 saturated heterocycles. The molecule has 1 aromatic rings. The van der Waals surface area contributed by atoms with Crippen molar-refractivity contribution in [3.63, 3.8) is 0 Å². The molecule has 6 nitrogen and oxygen atoms in total. The van der Waals surface area contributed by atoms with Crippen molar-refractivity contribution in [1.82, 2.24) is 15.5 Å². The van der Waals surface area contributed by atoms with Crippen molar-refractivity contribution in [2.24, 2.45) is 10.9 Å². The monoisotopic (exact) mass is 416 g/mol. The molecule has 0 amide bonds. The van der Waals surface area contributed by atoms with Crippen LogP contribution in [-0.4, -0.2) is 62.9 Å². The standard InChI is InChI=1S/C20H31F3N4O2/c1-4-24-20(25-10-15-13-27(8-9-28-15)12-14(2)3)26-11-16-17(21)6-5-7-18(16)29-19(22)23/h5-7,14-15,19H,4,8-13H2,1-3H3,(H2,24,25,26). The number of rotatable bonds is 9. The Balaban J connectivity index is 1.98. The summed E-state index contributed by atoms with van der Waals surface area (Å²) in [6.07, 6.45) is 0.0116. The highest BCUT2D eigenvalue weighted by molar-refractivity contribution is 5.79. The van der Waals surface area contributed by atoms with E-state index in [1.54, 1.807) is 0 Å². The predicted octanol–water partition coefficient (Wildman–Crippen LogP) is 2.84. The molecule has 1 aromatic carbocycles. The SMILES string of the molecule is CCNC(=NCc1c(F)cccc1OC(F)F)NCC1CN(CC(C)C)CCO1. The van der Waals surface area contributed by atoms with Crippen molar-refractivity contribution in [3.8, 4) is 5.75 Å². The van der Waals surface area contributed by atoms with E-state index in [4.69, 9.17) is 4.74 Å². The van der Waals surface area contributed by atoms with Crippen LogP contribution in [0, 0.1) is 11.7 Å². The molecule has 1 aliphatic rings. The molecule has 0 radical (unpaired) electrons. The van der Waals surface area contributed by atoms with E-state index < -0.39 is 12.4 Å². The summed E-state index contributed by atoms with van der Waals surface area (Å²) in [4.78, 5) is 6.70. The number of hydrogen-bond acceptors (Lipinski definition) is 4. The van der Waals surface area contributed by atoms with Gasteiger partial charge in [0.05, 0.1) is 24.8 Å². The molecule has 1 atom stereocenters. The van der Waals surface area contributed by atoms with Gasteiger partial charge in [-0.25, -0.2) is 9.38 Å². The third-order valence-corrected chi connectivity index (χ3v) is 4.37. The van der Waals surface area contributed by atoms with E-state index >= 15 is 0 Å². The van der Waals surface area contributed by atoms with Gasteiger partial charge in [-0.1, -0.05) is 19.9 Å². The highest BCUT2D eigenvalue weighted by atomic mass is 19.3. The molecular formula is C20H31F3N4O2. The fourth-order valence-corrected chi connectivity index (χ4v) is 3.20. The summed E-state index contributed by atoms with van der Waals surface area (Å²) < 4.78 is 49.5. The van der Waals surface area contributed by atoms with Crippen molar-refractivity contribution >= 4 is 5.96 Å². The second-order valence-corrected chi connectivity index (χ2v) is 7.32. The number of halogens is 3. The summed E-state index contributed by atoms with van der Waals surface area (Å²) in [6, 6.07) is 3.83. The normalized spacial score (nSPS) is 18.3. The van der Waals surface area contributed by atoms with Gasteiger partial charge < -0.3 is 20.1 Å². The first-order chi connectivity index (χ1) is 13.9. The first kappa shape index (κ1) is 23.3. The number of hydrogen-bond donors (Lipinski definition) is 2. The highest BCUT2D eigenvalue weighted by Gasteiger charge is 2.21. The molecule has 1 heterocycles. The minimum Gasteiger partial charge on any atom is -0.434 e. The van der Waals surface area contributed by atoms with Gasteiger partial charge in [0, 0.05) is 32.7 Å². The van der Waals surface area contributed by atoms with Crippen LogP contribution < -0.4 is 15.4 Å². The van der Waals surface area contributed by atoms with Crippen molar-refractivity contribution in [3.05, 3.63) is 29.6 Å². The molecular weight excluding hydrogens is 385 g/mol. The van der Waals surface area contributed by atoms with Gasteiger partial charge in [-0.3, -0.25) is 4.90 Å². The average molecular weight is 416 g/mol. The van der Waals surface area contributed by atoms with Crippen molar-refractivity contribution < 1.29 is 22.6 Å². The first-order valence-corrected chi connectivity index (χ1v) is 9.97. The highest BCUT2D eigenvalue weighted by Crippen LogP contribution is 2.24. The molecule has 2 N–H and O–H groups in total. The molecule has 0 bridgehead atoms. The topological polar surface area (TPSA) is 58.1 Å². The summed E-state index contributed by atoms with van der Waals surface area (Å²) >= 11 is 0. The van der Waals surface area contributed by atoms with Gasteiger partial charge in [0.15, 0.2) is 5.96 Å². The fourth-order valence-electron chi connectivity index (χ4n) is 3.20. The molecule has 1 aliphatic heterocycles. The molecule has 9 heteroatoms. The van der Waals surface area contributed by atoms with E-state index in [0.717, 1.165) is 19.6 Å². The van der Waals surface area contributed by atoms with Crippen molar-refractivity contribution in [1.29, 1.82) is 0 Å². The molecule has 0 saturated carbocycles. The van der Waals surface area contributed by atoms with Crippen molar-refractivity contribution in [2.75, 3.05) is 39.3 Å². The number of morpholine rings is 1. The van der Waals surface area contributed by atoms with Crippen LogP contribution in [0.1, 0.15) is 26.3 Å². The van der Waals surface area contributed by atoms with Gasteiger partial charge in [-0.05, 0) is 25.0 Å². The molecule has 0 spiro atoms. The Morgan fingerprint density at radius 1 is 1.34 bits per heavy atom. The van der Waals surface area contributed by atoms with Crippen LogP contribution in [-0.2, 0) is 11.3 Å². The number of nitrogens with one attached hydrogen (secondary N) is 2. The zero-order valence-electron chi connectivity index (χ0n) is 17.3. The van der Waals surface area contributed by atoms with Gasteiger partial charge in [-0.15, -0.1) is 0 Å². The number of ether oxygens (including phenoxy) is 2. The lowest BCUT2D eigenvalue weighted by Gasteiger charge is -2.34. The van der Waals surface area contributed by atoms with Crippen LogP contribution >= 0.6 is 0 Å². The zero-order chi connectivity index (χ0) is 21.2. The Bertz CT molecular complexity index is 659. The van der Waals surface area contributed by atoms with E-state index in [0.29, 0.717) is 31.6 Å². The van der Waals surface area contributed by atoms with Crippen LogP contribution in [0.25, 0.3) is 0 Å². The molecule has 164 valence electrons. The Labute approximate surface area is 170 Å². The lowest BCUT2D eigenvalue weighted by Crippen LogP contribution is -2.50. The van der Waals surface area contributed by atoms with Crippen LogP contribution in [0.5, 0.6) is 5.75 Å². The third kappa shape index (κ3) is 8.10. The average Bonchev–Trinajstić information content (AvgIpc) is 2.65. The Morgan fingerprint density at radius 3 is 2.83 bits per heavy atom. The second kappa shape index (κ2) is 11.9. The van der Waals surface area contributed by atoms with E-state index in [1.165, 1.54) is 18.2 Å². The minimum atomic E-state index is -3.02. The van der Waals surface area contributed by atoms with E-state index in [9.17, 15) is 13.2 Å². The molecule has 2 rings (SSSR count). The summed E-state index contributed by atoms with van der Waals surface area (Å²) in [5, 5.41) is 6.26. The van der Waals surface area contributed by atoms with Gasteiger partial charge in [-0.2, -0.15) is 8.78 Å². The number of aliphatic imine (C=N–C) groups is 1. The van der Waals surface area contributed by atoms with E-state index in [2.05, 4.69) is 39.1 Å². The summed E-state index contributed by atoms with van der Waals surface area (Å²) in [7, 11) is 0. The van der Waals surface area contributed by atoms with Crippen LogP contribution in [0.15, 0.2) is 23.2 Å². The van der Waals surface area contributed by atoms with Crippen molar-refractivity contribution in [2.45, 2.75) is 40.0 Å². The van der Waals surface area contributed by atoms with E-state index in [-0.39, 0.29) is 24.0 Å². The van der Waals surface area contributed by atoms with Gasteiger partial charge >= 0.3 is 6.61 Å². The summed E-state index contributed by atoms with van der Waals surface area (Å²) in [5.41, 5.74) is -0.0120. The Morgan fingerprint density at radius 2 is 2.14 bits per heavy atom. The molecule has 1 unspecified atom stereocenters. The van der Waals surface area contributed by atoms with Crippen LogP contribution in [0.3, 0.4) is 0 Å². The third-order valence-electron chi connectivity index (χ3n) is 4.37.